The normalized spacial score (nSPS) is 46.3. The number of rotatable bonds is 1. The van der Waals surface area contributed by atoms with Crippen LogP contribution in [-0.4, -0.2) is 22.4 Å². The first-order valence-corrected chi connectivity index (χ1v) is 8.86. The largest absolute Gasteiger partial charge is 0.393 e. The van der Waals surface area contributed by atoms with Gasteiger partial charge in [-0.15, -0.1) is 0 Å². The molecule has 2 nitrogen and oxygen atoms in total. The molecule has 22 heavy (non-hydrogen) atoms. The third-order valence-corrected chi connectivity index (χ3v) is 6.70. The molecule has 2 heteroatoms. The summed E-state index contributed by atoms with van der Waals surface area (Å²) in [4.78, 5) is 0. The summed E-state index contributed by atoms with van der Waals surface area (Å²) < 4.78 is 0. The van der Waals surface area contributed by atoms with E-state index in [1.165, 1.54) is 32.1 Å². The van der Waals surface area contributed by atoms with Crippen molar-refractivity contribution in [2.24, 2.45) is 17.3 Å². The number of aliphatic hydroxyl groups is 2. The molecule has 3 rings (SSSR count). The molecular formula is C20H30O2. The van der Waals surface area contributed by atoms with Gasteiger partial charge in [0.1, 0.15) is 0 Å². The molecule has 3 unspecified atom stereocenters. The monoisotopic (exact) mass is 302 g/mol. The van der Waals surface area contributed by atoms with Crippen LogP contribution in [-0.2, 0) is 0 Å². The molecule has 5 atom stereocenters. The first kappa shape index (κ1) is 16.0. The van der Waals surface area contributed by atoms with Gasteiger partial charge >= 0.3 is 0 Å². The van der Waals surface area contributed by atoms with Gasteiger partial charge in [0.15, 0.2) is 0 Å². The smallest absolute Gasteiger partial charge is 0.0811 e. The van der Waals surface area contributed by atoms with E-state index in [2.05, 4.69) is 32.6 Å². The zero-order valence-electron chi connectivity index (χ0n) is 14.0. The summed E-state index contributed by atoms with van der Waals surface area (Å²) in [6.45, 7) is 8.90. The van der Waals surface area contributed by atoms with Crippen molar-refractivity contribution in [2.45, 2.75) is 71.0 Å². The summed E-state index contributed by atoms with van der Waals surface area (Å²) in [5, 5.41) is 19.8. The Balaban J connectivity index is 1.82. The summed E-state index contributed by atoms with van der Waals surface area (Å²) >= 11 is 0. The van der Waals surface area contributed by atoms with Crippen molar-refractivity contribution in [1.29, 1.82) is 0 Å². The molecule has 0 aromatic heterocycles. The van der Waals surface area contributed by atoms with Crippen molar-refractivity contribution < 1.29 is 10.2 Å². The average Bonchev–Trinajstić information content (AvgIpc) is 2.77. The molecule has 0 aromatic rings. The lowest BCUT2D eigenvalue weighted by Gasteiger charge is -2.41. The van der Waals surface area contributed by atoms with E-state index in [9.17, 15) is 10.2 Å². The lowest BCUT2D eigenvalue weighted by molar-refractivity contribution is 0.0862. The molecule has 0 saturated heterocycles. The standard InChI is InChI=1S/C20H30O2/c1-13-6-9-18-15(5-4-10-20(13,18)3)7-8-16-11-17(21)12-19(22)14(16)2/h7-8,13,17-19,21-22H,2,4-6,9-12H2,1,3H3/b15-7-,16-8+/t13-,17?,18?,19?,20+/m0/s1. The Morgan fingerprint density at radius 3 is 2.77 bits per heavy atom. The van der Waals surface area contributed by atoms with Crippen LogP contribution in [0.5, 0.6) is 0 Å². The summed E-state index contributed by atoms with van der Waals surface area (Å²) in [6, 6.07) is 0. The van der Waals surface area contributed by atoms with Gasteiger partial charge in [0, 0.05) is 6.42 Å². The van der Waals surface area contributed by atoms with Crippen molar-refractivity contribution in [1.82, 2.24) is 0 Å². The van der Waals surface area contributed by atoms with E-state index < -0.39 is 12.2 Å². The van der Waals surface area contributed by atoms with Crippen LogP contribution in [0, 0.1) is 17.3 Å². The second-order valence-corrected chi connectivity index (χ2v) is 7.96. The van der Waals surface area contributed by atoms with E-state index in [-0.39, 0.29) is 0 Å². The van der Waals surface area contributed by atoms with Crippen LogP contribution < -0.4 is 0 Å². The van der Waals surface area contributed by atoms with Crippen molar-refractivity contribution in [3.63, 3.8) is 0 Å². The van der Waals surface area contributed by atoms with Gasteiger partial charge in [0.25, 0.3) is 0 Å². The van der Waals surface area contributed by atoms with Crippen LogP contribution in [0.2, 0.25) is 0 Å². The summed E-state index contributed by atoms with van der Waals surface area (Å²) in [7, 11) is 0. The first-order valence-electron chi connectivity index (χ1n) is 8.86. The molecule has 3 aliphatic carbocycles. The molecule has 122 valence electrons. The molecule has 3 fully saturated rings. The molecular weight excluding hydrogens is 272 g/mol. The Hall–Kier alpha value is -0.860. The van der Waals surface area contributed by atoms with Crippen molar-refractivity contribution in [3.05, 3.63) is 35.5 Å². The Morgan fingerprint density at radius 2 is 2.00 bits per heavy atom. The van der Waals surface area contributed by atoms with Crippen LogP contribution in [0.15, 0.2) is 35.5 Å². The van der Waals surface area contributed by atoms with Gasteiger partial charge in [0.2, 0.25) is 0 Å². The van der Waals surface area contributed by atoms with E-state index in [1.807, 2.05) is 0 Å². The maximum Gasteiger partial charge on any atom is 0.0811 e. The molecule has 3 saturated carbocycles. The quantitative estimate of drug-likeness (QED) is 0.764. The van der Waals surface area contributed by atoms with Gasteiger partial charge in [0.05, 0.1) is 12.2 Å². The zero-order chi connectivity index (χ0) is 15.9. The maximum atomic E-state index is 9.96. The van der Waals surface area contributed by atoms with Crippen LogP contribution in [0.3, 0.4) is 0 Å². The molecule has 0 aromatic carbocycles. The summed E-state index contributed by atoms with van der Waals surface area (Å²) in [5.74, 6) is 1.54. The molecule has 0 heterocycles. The Bertz CT molecular complexity index is 516. The first-order chi connectivity index (χ1) is 10.4. The highest BCUT2D eigenvalue weighted by molar-refractivity contribution is 5.38. The zero-order valence-corrected chi connectivity index (χ0v) is 14.0. The summed E-state index contributed by atoms with van der Waals surface area (Å²) in [6.07, 6.45) is 10.9. The molecule has 3 aliphatic rings. The summed E-state index contributed by atoms with van der Waals surface area (Å²) in [5.41, 5.74) is 3.87. The second kappa shape index (κ2) is 5.98. The highest BCUT2D eigenvalue weighted by Gasteiger charge is 2.46. The fourth-order valence-electron chi connectivity index (χ4n) is 4.96. The minimum atomic E-state index is -0.587. The van der Waals surface area contributed by atoms with Crippen LogP contribution >= 0.6 is 0 Å². The predicted octanol–water partition coefficient (Wildman–Crippen LogP) is 4.15. The van der Waals surface area contributed by atoms with Crippen LogP contribution in [0.25, 0.3) is 0 Å². The molecule has 0 bridgehead atoms. The van der Waals surface area contributed by atoms with E-state index in [1.54, 1.807) is 5.57 Å². The molecule has 0 aliphatic heterocycles. The van der Waals surface area contributed by atoms with Crippen LogP contribution in [0.4, 0.5) is 0 Å². The lowest BCUT2D eigenvalue weighted by atomic mass is 9.64. The minimum absolute atomic E-state index is 0.422. The average molecular weight is 302 g/mol. The number of aliphatic hydroxyl groups excluding tert-OH is 2. The third kappa shape index (κ3) is 2.72. The Kier molecular flexibility index (Phi) is 4.35. The maximum absolute atomic E-state index is 9.96. The van der Waals surface area contributed by atoms with Crippen molar-refractivity contribution in [2.75, 3.05) is 0 Å². The number of hydrogen-bond acceptors (Lipinski definition) is 2. The van der Waals surface area contributed by atoms with E-state index in [0.717, 1.165) is 23.0 Å². The van der Waals surface area contributed by atoms with Gasteiger partial charge in [-0.25, -0.2) is 0 Å². The predicted molar refractivity (Wildman–Crippen MR) is 90.4 cm³/mol. The highest BCUT2D eigenvalue weighted by atomic mass is 16.3. The molecule has 0 spiro atoms. The Morgan fingerprint density at radius 1 is 1.23 bits per heavy atom. The SMILES string of the molecule is C=C1/C(=C/C=C2/CCC[C@@]3(C)C2CC[C@@H]3C)CC(O)CC1O. The van der Waals surface area contributed by atoms with Gasteiger partial charge in [-0.05, 0) is 66.9 Å². The number of hydrogen-bond donors (Lipinski definition) is 2. The van der Waals surface area contributed by atoms with E-state index >= 15 is 0 Å². The molecule has 0 radical (unpaired) electrons. The fourth-order valence-corrected chi connectivity index (χ4v) is 4.96. The van der Waals surface area contributed by atoms with Gasteiger partial charge < -0.3 is 10.2 Å². The van der Waals surface area contributed by atoms with E-state index in [4.69, 9.17) is 0 Å². The van der Waals surface area contributed by atoms with Crippen LogP contribution in [0.1, 0.15) is 58.8 Å². The van der Waals surface area contributed by atoms with E-state index in [0.29, 0.717) is 18.3 Å². The van der Waals surface area contributed by atoms with Gasteiger partial charge in [-0.2, -0.15) is 0 Å². The number of fused-ring (bicyclic) bond motifs is 1. The lowest BCUT2D eigenvalue weighted by Crippen LogP contribution is -2.32. The Labute approximate surface area is 134 Å². The highest BCUT2D eigenvalue weighted by Crippen LogP contribution is 2.57. The van der Waals surface area contributed by atoms with Gasteiger partial charge in [-0.3, -0.25) is 0 Å². The second-order valence-electron chi connectivity index (χ2n) is 7.96. The molecule has 0 amide bonds. The van der Waals surface area contributed by atoms with Crippen molar-refractivity contribution >= 4 is 0 Å². The number of allylic oxidation sites excluding steroid dienone is 3. The molecule has 2 N–H and O–H groups in total. The van der Waals surface area contributed by atoms with Gasteiger partial charge in [-0.1, -0.05) is 38.2 Å². The third-order valence-electron chi connectivity index (χ3n) is 6.70. The minimum Gasteiger partial charge on any atom is -0.393 e. The van der Waals surface area contributed by atoms with Crippen molar-refractivity contribution in [3.8, 4) is 0 Å². The fraction of sp³-hybridized carbons (Fsp3) is 0.700. The topological polar surface area (TPSA) is 40.5 Å².